The highest BCUT2D eigenvalue weighted by Gasteiger charge is 2.18. The van der Waals surface area contributed by atoms with Crippen LogP contribution in [0.3, 0.4) is 0 Å². The number of nitrogens with zero attached hydrogens (tertiary/aromatic N) is 2. The number of hydrogen-bond donors (Lipinski definition) is 2. The lowest BCUT2D eigenvalue weighted by Crippen LogP contribution is -2.22. The maximum atomic E-state index is 12.1. The Morgan fingerprint density at radius 1 is 1.22 bits per heavy atom. The van der Waals surface area contributed by atoms with Crippen molar-refractivity contribution in [3.05, 3.63) is 40.9 Å². The normalized spacial score (nSPS) is 11.4. The number of sulfonamides is 1. The molecule has 0 aliphatic heterocycles. The first kappa shape index (κ1) is 17.1. The predicted octanol–water partition coefficient (Wildman–Crippen LogP) is 0.745. The number of benzene rings is 1. The van der Waals surface area contributed by atoms with Crippen LogP contribution >= 0.6 is 11.3 Å². The zero-order chi connectivity index (χ0) is 17.2. The molecule has 1 aromatic carbocycles. The molecule has 3 N–H and O–H groups in total. The molecule has 8 nitrogen and oxygen atoms in total. The van der Waals surface area contributed by atoms with Gasteiger partial charge in [-0.3, -0.25) is 14.9 Å². The van der Waals surface area contributed by atoms with Gasteiger partial charge in [-0.2, -0.15) is 0 Å². The van der Waals surface area contributed by atoms with Gasteiger partial charge in [0.2, 0.25) is 10.0 Å². The second-order valence-electron chi connectivity index (χ2n) is 4.66. The summed E-state index contributed by atoms with van der Waals surface area (Å²) in [6.45, 7) is 0. The standard InChI is InChI=1S/C13H14N4O4S2/c1-17(2)23(20,21)9-5-3-8(4-6-9)12(19)16-13-15-7-10(22-13)11(14)18/h3-7H,1-2H3,(H2,14,18)(H,15,16,19). The predicted molar refractivity (Wildman–Crippen MR) is 85.9 cm³/mol. The number of primary amides is 1. The van der Waals surface area contributed by atoms with Crippen LogP contribution in [0.15, 0.2) is 35.4 Å². The number of rotatable bonds is 5. The van der Waals surface area contributed by atoms with Crippen LogP contribution in [-0.4, -0.2) is 43.6 Å². The molecule has 23 heavy (non-hydrogen) atoms. The van der Waals surface area contributed by atoms with Gasteiger partial charge in [0.05, 0.1) is 11.1 Å². The van der Waals surface area contributed by atoms with Crippen molar-refractivity contribution in [2.75, 3.05) is 19.4 Å². The van der Waals surface area contributed by atoms with Crippen LogP contribution in [0.5, 0.6) is 0 Å². The Bertz CT molecular complexity index is 841. The molecule has 0 aliphatic carbocycles. The molecule has 0 unspecified atom stereocenters. The van der Waals surface area contributed by atoms with Crippen molar-refractivity contribution in [3.63, 3.8) is 0 Å². The molecule has 0 saturated carbocycles. The van der Waals surface area contributed by atoms with Crippen molar-refractivity contribution in [3.8, 4) is 0 Å². The summed E-state index contributed by atoms with van der Waals surface area (Å²) in [5, 5.41) is 2.75. The van der Waals surface area contributed by atoms with E-state index in [1.165, 1.54) is 44.6 Å². The molecule has 0 radical (unpaired) electrons. The van der Waals surface area contributed by atoms with Crippen LogP contribution in [0, 0.1) is 0 Å². The molecule has 0 atom stereocenters. The summed E-state index contributed by atoms with van der Waals surface area (Å²) in [7, 11) is -0.694. The number of aromatic nitrogens is 1. The average Bonchev–Trinajstić information content (AvgIpc) is 2.96. The Labute approximate surface area is 137 Å². The van der Waals surface area contributed by atoms with Crippen LogP contribution in [0.2, 0.25) is 0 Å². The lowest BCUT2D eigenvalue weighted by molar-refractivity contribution is 0.100. The van der Waals surface area contributed by atoms with Crippen molar-refractivity contribution in [1.29, 1.82) is 0 Å². The van der Waals surface area contributed by atoms with Gasteiger partial charge < -0.3 is 5.73 Å². The minimum absolute atomic E-state index is 0.0873. The van der Waals surface area contributed by atoms with E-state index in [1.54, 1.807) is 0 Å². The van der Waals surface area contributed by atoms with E-state index in [0.717, 1.165) is 15.6 Å². The number of nitrogens with two attached hydrogens (primary N) is 1. The van der Waals surface area contributed by atoms with E-state index >= 15 is 0 Å². The number of amides is 2. The minimum Gasteiger partial charge on any atom is -0.365 e. The maximum Gasteiger partial charge on any atom is 0.260 e. The van der Waals surface area contributed by atoms with Crippen molar-refractivity contribution >= 4 is 38.3 Å². The van der Waals surface area contributed by atoms with Crippen LogP contribution in [0.1, 0.15) is 20.0 Å². The van der Waals surface area contributed by atoms with Crippen LogP contribution in [0.4, 0.5) is 5.13 Å². The summed E-state index contributed by atoms with van der Waals surface area (Å²) in [5.74, 6) is -1.09. The fraction of sp³-hybridized carbons (Fsp3) is 0.154. The smallest absolute Gasteiger partial charge is 0.260 e. The van der Waals surface area contributed by atoms with Crippen LogP contribution < -0.4 is 11.1 Å². The summed E-state index contributed by atoms with van der Waals surface area (Å²) in [4.78, 5) is 27.2. The number of anilines is 1. The van der Waals surface area contributed by atoms with Gasteiger partial charge in [-0.05, 0) is 24.3 Å². The molecule has 0 saturated heterocycles. The van der Waals surface area contributed by atoms with Crippen molar-refractivity contribution in [2.45, 2.75) is 4.90 Å². The van der Waals surface area contributed by atoms with Crippen LogP contribution in [0.25, 0.3) is 0 Å². The minimum atomic E-state index is -3.54. The molecule has 0 bridgehead atoms. The first-order valence-corrected chi connectivity index (χ1v) is 8.57. The van der Waals surface area contributed by atoms with Gasteiger partial charge >= 0.3 is 0 Å². The Kier molecular flexibility index (Phi) is 4.78. The lowest BCUT2D eigenvalue weighted by atomic mass is 10.2. The molecule has 2 rings (SSSR count). The zero-order valence-corrected chi connectivity index (χ0v) is 13.9. The summed E-state index contributed by atoms with van der Waals surface area (Å²) in [6.07, 6.45) is 1.27. The third-order valence-electron chi connectivity index (χ3n) is 2.86. The lowest BCUT2D eigenvalue weighted by Gasteiger charge is -2.11. The van der Waals surface area contributed by atoms with Crippen molar-refractivity contribution in [1.82, 2.24) is 9.29 Å². The van der Waals surface area contributed by atoms with Crippen molar-refractivity contribution in [2.24, 2.45) is 5.73 Å². The molecule has 1 heterocycles. The highest BCUT2D eigenvalue weighted by molar-refractivity contribution is 7.89. The van der Waals surface area contributed by atoms with Gasteiger partial charge in [0, 0.05) is 19.7 Å². The summed E-state index contributed by atoms with van der Waals surface area (Å²) in [5.41, 5.74) is 5.37. The van der Waals surface area contributed by atoms with E-state index in [-0.39, 0.29) is 20.5 Å². The maximum absolute atomic E-state index is 12.1. The van der Waals surface area contributed by atoms with E-state index in [9.17, 15) is 18.0 Å². The molecule has 0 spiro atoms. The molecule has 0 fully saturated rings. The fourth-order valence-corrected chi connectivity index (χ4v) is 3.17. The Balaban J connectivity index is 2.15. The van der Waals surface area contributed by atoms with Gasteiger partial charge in [-0.1, -0.05) is 11.3 Å². The Morgan fingerprint density at radius 2 is 1.83 bits per heavy atom. The number of carbonyl (C=O) groups is 2. The molecule has 0 aliphatic rings. The summed E-state index contributed by atoms with van der Waals surface area (Å²) in [6, 6.07) is 5.49. The van der Waals surface area contributed by atoms with E-state index in [1.807, 2.05) is 0 Å². The quantitative estimate of drug-likeness (QED) is 0.820. The Morgan fingerprint density at radius 3 is 2.30 bits per heavy atom. The molecule has 122 valence electrons. The van der Waals surface area contributed by atoms with Crippen molar-refractivity contribution < 1.29 is 18.0 Å². The highest BCUT2D eigenvalue weighted by Crippen LogP contribution is 2.19. The van der Waals surface area contributed by atoms with Gasteiger partial charge in [-0.25, -0.2) is 17.7 Å². The van der Waals surface area contributed by atoms with E-state index in [4.69, 9.17) is 5.73 Å². The molecular weight excluding hydrogens is 340 g/mol. The Hall–Kier alpha value is -2.30. The molecule has 10 heteroatoms. The fourth-order valence-electron chi connectivity index (χ4n) is 1.60. The van der Waals surface area contributed by atoms with Gasteiger partial charge in [0.25, 0.3) is 11.8 Å². The first-order valence-electron chi connectivity index (χ1n) is 6.31. The number of carbonyl (C=O) groups excluding carboxylic acids is 2. The number of thiazole rings is 1. The van der Waals surface area contributed by atoms with Gasteiger partial charge in [-0.15, -0.1) is 0 Å². The second kappa shape index (κ2) is 6.44. The molecule has 2 amide bonds. The number of hydrogen-bond acceptors (Lipinski definition) is 6. The van der Waals surface area contributed by atoms with E-state index in [0.29, 0.717) is 0 Å². The van der Waals surface area contributed by atoms with Crippen LogP contribution in [-0.2, 0) is 10.0 Å². The summed E-state index contributed by atoms with van der Waals surface area (Å²) >= 11 is 0.955. The van der Waals surface area contributed by atoms with Gasteiger partial charge in [0.15, 0.2) is 5.13 Å². The third-order valence-corrected chi connectivity index (χ3v) is 5.62. The first-order chi connectivity index (χ1) is 10.7. The average molecular weight is 354 g/mol. The molecule has 1 aromatic heterocycles. The summed E-state index contributed by atoms with van der Waals surface area (Å²) < 4.78 is 25.0. The third kappa shape index (κ3) is 3.73. The second-order valence-corrected chi connectivity index (χ2v) is 7.84. The molecule has 2 aromatic rings. The monoisotopic (exact) mass is 354 g/mol. The van der Waals surface area contributed by atoms with E-state index in [2.05, 4.69) is 10.3 Å². The van der Waals surface area contributed by atoms with Gasteiger partial charge in [0.1, 0.15) is 4.88 Å². The number of nitrogens with one attached hydrogen (secondary N) is 1. The highest BCUT2D eigenvalue weighted by atomic mass is 32.2. The van der Waals surface area contributed by atoms with E-state index < -0.39 is 21.8 Å². The topological polar surface area (TPSA) is 122 Å². The molecular formula is C13H14N4O4S2. The zero-order valence-electron chi connectivity index (χ0n) is 12.3. The largest absolute Gasteiger partial charge is 0.365 e. The SMILES string of the molecule is CN(C)S(=O)(=O)c1ccc(C(=O)Nc2ncc(C(N)=O)s2)cc1.